The van der Waals surface area contributed by atoms with Gasteiger partial charge in [-0.05, 0) is 44.7 Å². The minimum absolute atomic E-state index is 0.879. The van der Waals surface area contributed by atoms with Crippen LogP contribution in [0.2, 0.25) is 0 Å². The Bertz CT molecular complexity index is 170. The molecule has 0 radical (unpaired) electrons. The fourth-order valence-electron chi connectivity index (χ4n) is 3.08. The van der Waals surface area contributed by atoms with Crippen molar-refractivity contribution in [2.45, 2.75) is 84.6 Å². The van der Waals surface area contributed by atoms with E-state index in [1.54, 1.807) is 0 Å². The van der Waals surface area contributed by atoms with Crippen molar-refractivity contribution in [3.8, 4) is 0 Å². The van der Waals surface area contributed by atoms with Crippen molar-refractivity contribution in [3.63, 3.8) is 0 Å². The lowest BCUT2D eigenvalue weighted by Crippen LogP contribution is -2.38. The molecule has 1 saturated carbocycles. The van der Waals surface area contributed by atoms with Gasteiger partial charge < -0.3 is 4.90 Å². The van der Waals surface area contributed by atoms with Gasteiger partial charge in [0, 0.05) is 6.04 Å². The van der Waals surface area contributed by atoms with Crippen LogP contribution in [-0.4, -0.2) is 24.0 Å². The van der Waals surface area contributed by atoms with Crippen LogP contribution in [0.4, 0.5) is 0 Å². The highest BCUT2D eigenvalue weighted by Gasteiger charge is 2.19. The van der Waals surface area contributed by atoms with E-state index in [2.05, 4.69) is 25.7 Å². The van der Waals surface area contributed by atoms with Gasteiger partial charge in [0.2, 0.25) is 0 Å². The van der Waals surface area contributed by atoms with Crippen molar-refractivity contribution in [2.75, 3.05) is 13.1 Å². The fraction of sp³-hybridized carbons (Fsp3) is 1.00. The highest BCUT2D eigenvalue weighted by molar-refractivity contribution is 4.75. The maximum atomic E-state index is 2.79. The number of nitrogens with zero attached hydrogens (tertiary/aromatic N) is 1. The largest absolute Gasteiger partial charge is 0.300 e. The molecule has 0 aliphatic heterocycles. The van der Waals surface area contributed by atoms with Gasteiger partial charge in [0.1, 0.15) is 0 Å². The smallest absolute Gasteiger partial charge is 0.00952 e. The Morgan fingerprint density at radius 1 is 1.00 bits per heavy atom. The van der Waals surface area contributed by atoms with Gasteiger partial charge in [-0.1, -0.05) is 52.9 Å². The molecule has 0 aromatic heterocycles. The van der Waals surface area contributed by atoms with Gasteiger partial charge in [0.25, 0.3) is 0 Å². The van der Waals surface area contributed by atoms with E-state index in [-0.39, 0.29) is 0 Å². The first-order chi connectivity index (χ1) is 8.24. The first kappa shape index (κ1) is 15.0. The zero-order valence-corrected chi connectivity index (χ0v) is 12.4. The van der Waals surface area contributed by atoms with Gasteiger partial charge in [-0.15, -0.1) is 0 Å². The standard InChI is InChI=1S/C16H33N/c1-4-13-17(14-9-8-10-15(2)3)16-11-6-5-7-12-16/h15-16H,4-14H2,1-3H3. The minimum atomic E-state index is 0.879. The normalized spacial score (nSPS) is 18.2. The Labute approximate surface area is 109 Å². The topological polar surface area (TPSA) is 3.24 Å². The van der Waals surface area contributed by atoms with Crippen LogP contribution in [0, 0.1) is 5.92 Å². The van der Waals surface area contributed by atoms with Gasteiger partial charge in [0.15, 0.2) is 0 Å². The van der Waals surface area contributed by atoms with Gasteiger partial charge in [-0.2, -0.15) is 0 Å². The summed E-state index contributed by atoms with van der Waals surface area (Å²) in [5.41, 5.74) is 0. The second kappa shape index (κ2) is 8.97. The monoisotopic (exact) mass is 239 g/mol. The van der Waals surface area contributed by atoms with Crippen molar-refractivity contribution in [3.05, 3.63) is 0 Å². The number of unbranched alkanes of at least 4 members (excludes halogenated alkanes) is 1. The van der Waals surface area contributed by atoms with E-state index in [4.69, 9.17) is 0 Å². The maximum Gasteiger partial charge on any atom is 0.00952 e. The van der Waals surface area contributed by atoms with E-state index >= 15 is 0 Å². The van der Waals surface area contributed by atoms with Crippen molar-refractivity contribution in [1.82, 2.24) is 4.90 Å². The van der Waals surface area contributed by atoms with E-state index in [1.165, 1.54) is 70.9 Å². The molecule has 0 saturated heterocycles. The lowest BCUT2D eigenvalue weighted by atomic mass is 9.93. The van der Waals surface area contributed by atoms with Crippen LogP contribution in [0.1, 0.15) is 78.6 Å². The summed E-state index contributed by atoms with van der Waals surface area (Å²) in [4.78, 5) is 2.79. The SMILES string of the molecule is CCCN(CCCCC(C)C)C1CCCCC1. The summed E-state index contributed by atoms with van der Waals surface area (Å²) in [5.74, 6) is 0.879. The first-order valence-corrected chi connectivity index (χ1v) is 7.98. The van der Waals surface area contributed by atoms with Gasteiger partial charge in [0.05, 0.1) is 0 Å². The molecule has 1 rings (SSSR count). The molecule has 1 aliphatic carbocycles. The molecule has 0 aromatic rings. The molecule has 102 valence electrons. The van der Waals surface area contributed by atoms with Crippen molar-refractivity contribution in [2.24, 2.45) is 5.92 Å². The summed E-state index contributed by atoms with van der Waals surface area (Å²) in [6, 6.07) is 0.919. The van der Waals surface area contributed by atoms with Crippen molar-refractivity contribution in [1.29, 1.82) is 0 Å². The number of rotatable bonds is 8. The summed E-state index contributed by atoms with van der Waals surface area (Å²) in [6.07, 6.45) is 12.9. The van der Waals surface area contributed by atoms with Crippen molar-refractivity contribution < 1.29 is 0 Å². The summed E-state index contributed by atoms with van der Waals surface area (Å²) in [6.45, 7) is 9.68. The van der Waals surface area contributed by atoms with E-state index in [0.29, 0.717) is 0 Å². The second-order valence-corrected chi connectivity index (χ2v) is 6.22. The average Bonchev–Trinajstić information content (AvgIpc) is 2.34. The molecule has 17 heavy (non-hydrogen) atoms. The van der Waals surface area contributed by atoms with E-state index < -0.39 is 0 Å². The summed E-state index contributed by atoms with van der Waals surface area (Å²) < 4.78 is 0. The van der Waals surface area contributed by atoms with Gasteiger partial charge in [-0.25, -0.2) is 0 Å². The highest BCUT2D eigenvalue weighted by atomic mass is 15.1. The predicted molar refractivity (Wildman–Crippen MR) is 77.4 cm³/mol. The van der Waals surface area contributed by atoms with E-state index in [1.807, 2.05) is 0 Å². The van der Waals surface area contributed by atoms with Crippen LogP contribution >= 0.6 is 0 Å². The first-order valence-electron chi connectivity index (χ1n) is 7.98. The van der Waals surface area contributed by atoms with Crippen molar-refractivity contribution >= 4 is 0 Å². The molecule has 0 N–H and O–H groups in total. The average molecular weight is 239 g/mol. The fourth-order valence-corrected chi connectivity index (χ4v) is 3.08. The Kier molecular flexibility index (Phi) is 7.92. The Hall–Kier alpha value is -0.0400. The van der Waals surface area contributed by atoms with Crippen LogP contribution in [0.5, 0.6) is 0 Å². The van der Waals surface area contributed by atoms with Crippen LogP contribution in [-0.2, 0) is 0 Å². The van der Waals surface area contributed by atoms with Gasteiger partial charge >= 0.3 is 0 Å². The quantitative estimate of drug-likeness (QED) is 0.547. The summed E-state index contributed by atoms with van der Waals surface area (Å²) in [7, 11) is 0. The summed E-state index contributed by atoms with van der Waals surface area (Å²) >= 11 is 0. The molecule has 1 fully saturated rings. The molecule has 0 unspecified atom stereocenters. The third-order valence-electron chi connectivity index (χ3n) is 4.08. The third-order valence-corrected chi connectivity index (χ3v) is 4.08. The Balaban J connectivity index is 2.21. The molecule has 1 heteroatoms. The van der Waals surface area contributed by atoms with Crippen LogP contribution in [0.15, 0.2) is 0 Å². The molecule has 0 aromatic carbocycles. The number of hydrogen-bond acceptors (Lipinski definition) is 1. The molecule has 0 atom stereocenters. The Morgan fingerprint density at radius 2 is 1.71 bits per heavy atom. The minimum Gasteiger partial charge on any atom is -0.300 e. The molecule has 0 heterocycles. The molecule has 1 nitrogen and oxygen atoms in total. The second-order valence-electron chi connectivity index (χ2n) is 6.22. The van der Waals surface area contributed by atoms with Crippen LogP contribution in [0.3, 0.4) is 0 Å². The zero-order valence-electron chi connectivity index (χ0n) is 12.4. The van der Waals surface area contributed by atoms with E-state index in [0.717, 1.165) is 12.0 Å². The van der Waals surface area contributed by atoms with Crippen LogP contribution in [0.25, 0.3) is 0 Å². The highest BCUT2D eigenvalue weighted by Crippen LogP contribution is 2.23. The lowest BCUT2D eigenvalue weighted by Gasteiger charge is -2.34. The molecule has 1 aliphatic rings. The Morgan fingerprint density at radius 3 is 2.29 bits per heavy atom. The molecule has 0 amide bonds. The van der Waals surface area contributed by atoms with Crippen LogP contribution < -0.4 is 0 Å². The number of hydrogen-bond donors (Lipinski definition) is 0. The lowest BCUT2D eigenvalue weighted by molar-refractivity contribution is 0.152. The predicted octanol–water partition coefficient (Wildman–Crippen LogP) is 4.86. The maximum absolute atomic E-state index is 2.79. The molecule has 0 spiro atoms. The third kappa shape index (κ3) is 6.45. The van der Waals surface area contributed by atoms with E-state index in [9.17, 15) is 0 Å². The zero-order chi connectivity index (χ0) is 12.5. The summed E-state index contributed by atoms with van der Waals surface area (Å²) in [5, 5.41) is 0. The molecular weight excluding hydrogens is 206 g/mol. The molecular formula is C16H33N. The molecule has 0 bridgehead atoms. The van der Waals surface area contributed by atoms with Gasteiger partial charge in [-0.3, -0.25) is 0 Å².